The van der Waals surface area contributed by atoms with Crippen molar-refractivity contribution in [1.29, 1.82) is 0 Å². The molecule has 0 aliphatic carbocycles. The first-order chi connectivity index (χ1) is 9.85. The highest BCUT2D eigenvalue weighted by Gasteiger charge is 2.21. The van der Waals surface area contributed by atoms with Crippen LogP contribution in [-0.2, 0) is 16.6 Å². The molecule has 0 saturated heterocycles. The molecule has 0 bridgehead atoms. The highest BCUT2D eigenvalue weighted by atomic mass is 35.5. The van der Waals surface area contributed by atoms with Gasteiger partial charge in [0.2, 0.25) is 0 Å². The van der Waals surface area contributed by atoms with E-state index in [1.165, 1.54) is 12.1 Å². The molecule has 0 radical (unpaired) electrons. The first kappa shape index (κ1) is 16.0. The van der Waals surface area contributed by atoms with Crippen LogP contribution >= 0.6 is 23.2 Å². The predicted molar refractivity (Wildman–Crippen MR) is 82.2 cm³/mol. The maximum Gasteiger partial charge on any atom is 0.263 e. The Hall–Kier alpha value is -1.34. The highest BCUT2D eigenvalue weighted by molar-refractivity contribution is 7.92. The van der Waals surface area contributed by atoms with Crippen LogP contribution in [0.5, 0.6) is 0 Å². The average Bonchev–Trinajstić information content (AvgIpc) is 2.41. The molecule has 112 valence electrons. The zero-order valence-electron chi connectivity index (χ0n) is 11.0. The van der Waals surface area contributed by atoms with Crippen molar-refractivity contribution in [2.24, 2.45) is 0 Å². The van der Waals surface area contributed by atoms with Gasteiger partial charge in [0, 0.05) is 11.2 Å². The van der Waals surface area contributed by atoms with Crippen LogP contribution in [0.15, 0.2) is 35.4 Å². The molecule has 0 aliphatic heterocycles. The molecule has 0 saturated carbocycles. The van der Waals surface area contributed by atoms with E-state index in [1.54, 1.807) is 25.3 Å². The van der Waals surface area contributed by atoms with Crippen molar-refractivity contribution < 1.29 is 13.5 Å². The summed E-state index contributed by atoms with van der Waals surface area (Å²) < 4.78 is 27.2. The number of aromatic nitrogens is 1. The van der Waals surface area contributed by atoms with E-state index < -0.39 is 10.0 Å². The lowest BCUT2D eigenvalue weighted by molar-refractivity contribution is 0.281. The molecule has 2 rings (SSSR count). The second-order valence-electron chi connectivity index (χ2n) is 4.27. The number of aliphatic hydroxyl groups excluding tert-OH is 1. The van der Waals surface area contributed by atoms with Gasteiger partial charge in [-0.3, -0.25) is 9.71 Å². The summed E-state index contributed by atoms with van der Waals surface area (Å²) in [5.41, 5.74) is 1.17. The number of pyridine rings is 1. The van der Waals surface area contributed by atoms with E-state index in [4.69, 9.17) is 23.2 Å². The lowest BCUT2D eigenvalue weighted by Gasteiger charge is -2.12. The Kier molecular flexibility index (Phi) is 4.73. The fourth-order valence-corrected chi connectivity index (χ4v) is 3.67. The summed E-state index contributed by atoms with van der Waals surface area (Å²) in [6, 6.07) is 5.75. The molecule has 5 nitrogen and oxygen atoms in total. The zero-order valence-corrected chi connectivity index (χ0v) is 13.3. The van der Waals surface area contributed by atoms with Crippen LogP contribution in [-0.4, -0.2) is 18.5 Å². The highest BCUT2D eigenvalue weighted by Crippen LogP contribution is 2.30. The summed E-state index contributed by atoms with van der Waals surface area (Å²) in [6.45, 7) is 1.30. The van der Waals surface area contributed by atoms with Gasteiger partial charge in [-0.05, 0) is 36.8 Å². The Morgan fingerprint density at radius 1 is 1.29 bits per heavy atom. The van der Waals surface area contributed by atoms with Gasteiger partial charge in [0.05, 0.1) is 23.0 Å². The van der Waals surface area contributed by atoms with Crippen LogP contribution in [0.3, 0.4) is 0 Å². The molecular formula is C13H12Cl2N2O3S. The molecule has 8 heteroatoms. The molecule has 1 heterocycles. The molecule has 2 aromatic rings. The standard InChI is InChI=1S/C13H12Cl2N2O3S/c1-8-12(3-2-4-16-8)17-21(19,20)13-5-9(7-18)10(14)6-11(13)15/h2-6,17-18H,7H2,1H3. The Balaban J connectivity index is 2.47. The van der Waals surface area contributed by atoms with Crippen LogP contribution in [0.1, 0.15) is 11.3 Å². The number of rotatable bonds is 4. The number of hydrogen-bond donors (Lipinski definition) is 2. The van der Waals surface area contributed by atoms with Crippen molar-refractivity contribution in [2.75, 3.05) is 4.72 Å². The average molecular weight is 347 g/mol. The van der Waals surface area contributed by atoms with Gasteiger partial charge < -0.3 is 5.11 Å². The summed E-state index contributed by atoms with van der Waals surface area (Å²) in [4.78, 5) is 3.85. The zero-order chi connectivity index (χ0) is 15.6. The minimum atomic E-state index is -3.91. The van der Waals surface area contributed by atoms with Gasteiger partial charge >= 0.3 is 0 Å². The molecule has 0 spiro atoms. The van der Waals surface area contributed by atoms with Crippen LogP contribution in [0.25, 0.3) is 0 Å². The molecule has 2 N–H and O–H groups in total. The van der Waals surface area contributed by atoms with Crippen LogP contribution < -0.4 is 4.72 Å². The van der Waals surface area contributed by atoms with Gasteiger partial charge in [0.1, 0.15) is 4.90 Å². The largest absolute Gasteiger partial charge is 0.392 e. The first-order valence-corrected chi connectivity index (χ1v) is 8.12. The third-order valence-electron chi connectivity index (χ3n) is 2.81. The van der Waals surface area contributed by atoms with E-state index in [0.717, 1.165) is 0 Å². The minimum absolute atomic E-state index is 0.0220. The molecule has 1 aromatic heterocycles. The minimum Gasteiger partial charge on any atom is -0.392 e. The maximum atomic E-state index is 12.4. The van der Waals surface area contributed by atoms with Crippen LogP contribution in [0, 0.1) is 6.92 Å². The van der Waals surface area contributed by atoms with Crippen molar-refractivity contribution in [2.45, 2.75) is 18.4 Å². The molecule has 1 aromatic carbocycles. The number of aryl methyl sites for hydroxylation is 1. The number of sulfonamides is 1. The van der Waals surface area contributed by atoms with E-state index >= 15 is 0 Å². The molecule has 0 fully saturated rings. The lowest BCUT2D eigenvalue weighted by atomic mass is 10.2. The first-order valence-electron chi connectivity index (χ1n) is 5.88. The summed E-state index contributed by atoms with van der Waals surface area (Å²) >= 11 is 11.8. The number of hydrogen-bond acceptors (Lipinski definition) is 4. The summed E-state index contributed by atoms with van der Waals surface area (Å²) in [5, 5.41) is 9.37. The fourth-order valence-electron chi connectivity index (χ4n) is 1.69. The lowest BCUT2D eigenvalue weighted by Crippen LogP contribution is -2.15. The summed E-state index contributed by atoms with van der Waals surface area (Å²) in [6.07, 6.45) is 1.56. The van der Waals surface area contributed by atoms with Gasteiger partial charge in [0.15, 0.2) is 0 Å². The topological polar surface area (TPSA) is 79.3 Å². The van der Waals surface area contributed by atoms with Crippen LogP contribution in [0.4, 0.5) is 5.69 Å². The maximum absolute atomic E-state index is 12.4. The molecule has 21 heavy (non-hydrogen) atoms. The Morgan fingerprint density at radius 3 is 2.62 bits per heavy atom. The van der Waals surface area contributed by atoms with Gasteiger partial charge in [-0.15, -0.1) is 0 Å². The SMILES string of the molecule is Cc1ncccc1NS(=O)(=O)c1cc(CO)c(Cl)cc1Cl. The Morgan fingerprint density at radius 2 is 2.00 bits per heavy atom. The smallest absolute Gasteiger partial charge is 0.263 e. The van der Waals surface area contributed by atoms with E-state index in [1.807, 2.05) is 0 Å². The van der Waals surface area contributed by atoms with Gasteiger partial charge in [-0.1, -0.05) is 23.2 Å². The predicted octanol–water partition coefficient (Wildman–Crippen LogP) is 2.99. The second-order valence-corrected chi connectivity index (χ2v) is 6.74. The second kappa shape index (κ2) is 6.19. The Bertz CT molecular complexity index is 779. The van der Waals surface area contributed by atoms with Crippen molar-refractivity contribution in [3.8, 4) is 0 Å². The molecular weight excluding hydrogens is 335 g/mol. The number of nitrogens with zero attached hydrogens (tertiary/aromatic N) is 1. The van der Waals surface area contributed by atoms with Gasteiger partial charge in [0.25, 0.3) is 10.0 Å². The number of halogens is 2. The van der Waals surface area contributed by atoms with E-state index in [9.17, 15) is 13.5 Å². The van der Waals surface area contributed by atoms with E-state index in [0.29, 0.717) is 11.4 Å². The number of anilines is 1. The van der Waals surface area contributed by atoms with Gasteiger partial charge in [-0.2, -0.15) is 0 Å². The van der Waals surface area contributed by atoms with Crippen LogP contribution in [0.2, 0.25) is 10.0 Å². The fraction of sp³-hybridized carbons (Fsp3) is 0.154. The normalized spacial score (nSPS) is 11.4. The summed E-state index contributed by atoms with van der Waals surface area (Å²) in [7, 11) is -3.91. The number of aliphatic hydroxyl groups is 1. The molecule has 0 amide bonds. The van der Waals surface area contributed by atoms with Crippen molar-refractivity contribution >= 4 is 38.9 Å². The molecule has 0 unspecified atom stereocenters. The van der Waals surface area contributed by atoms with E-state index in [-0.39, 0.29) is 27.1 Å². The Labute approximate surface area is 132 Å². The summed E-state index contributed by atoms with van der Waals surface area (Å²) in [5.74, 6) is 0. The number of benzene rings is 1. The molecule has 0 aliphatic rings. The van der Waals surface area contributed by atoms with Crippen molar-refractivity contribution in [1.82, 2.24) is 4.98 Å². The quantitative estimate of drug-likeness (QED) is 0.891. The monoisotopic (exact) mass is 346 g/mol. The van der Waals surface area contributed by atoms with Crippen molar-refractivity contribution in [3.63, 3.8) is 0 Å². The third kappa shape index (κ3) is 3.47. The number of nitrogens with one attached hydrogen (secondary N) is 1. The van der Waals surface area contributed by atoms with Crippen molar-refractivity contribution in [3.05, 3.63) is 51.8 Å². The molecule has 0 atom stereocenters. The van der Waals surface area contributed by atoms with E-state index in [2.05, 4.69) is 9.71 Å². The third-order valence-corrected chi connectivity index (χ3v) is 4.99. The van der Waals surface area contributed by atoms with Gasteiger partial charge in [-0.25, -0.2) is 8.42 Å².